The van der Waals surface area contributed by atoms with Gasteiger partial charge in [-0.1, -0.05) is 13.8 Å². The Morgan fingerprint density at radius 1 is 1.53 bits per heavy atom. The molecule has 1 fully saturated rings. The van der Waals surface area contributed by atoms with Crippen molar-refractivity contribution >= 4 is 5.91 Å². The quantitative estimate of drug-likeness (QED) is 0.744. The number of nitrogens with one attached hydrogen (secondary N) is 1. The van der Waals surface area contributed by atoms with Gasteiger partial charge in [-0.25, -0.2) is 0 Å². The van der Waals surface area contributed by atoms with Crippen molar-refractivity contribution in [1.82, 2.24) is 10.2 Å². The van der Waals surface area contributed by atoms with Crippen LogP contribution in [0.15, 0.2) is 0 Å². The minimum Gasteiger partial charge on any atom is -0.370 e. The van der Waals surface area contributed by atoms with E-state index in [1.807, 2.05) is 13.8 Å². The zero-order valence-electron chi connectivity index (χ0n) is 9.88. The Labute approximate surface area is 98.1 Å². The van der Waals surface area contributed by atoms with E-state index in [0.29, 0.717) is 0 Å². The molecule has 0 aromatic rings. The standard InChI is InChI=1S/C10H17F3N2O2/c1-7(2)9-14-5-8(16)15(9)3-4-17-6-10(11,12)13/h7,9,14H,3-6H2,1-2H3. The van der Waals surface area contributed by atoms with Gasteiger partial charge < -0.3 is 9.64 Å². The van der Waals surface area contributed by atoms with Gasteiger partial charge in [-0.15, -0.1) is 0 Å². The summed E-state index contributed by atoms with van der Waals surface area (Å²) in [4.78, 5) is 13.0. The topological polar surface area (TPSA) is 41.6 Å². The highest BCUT2D eigenvalue weighted by atomic mass is 19.4. The third-order valence-corrected chi connectivity index (χ3v) is 2.49. The molecule has 1 saturated heterocycles. The van der Waals surface area contributed by atoms with E-state index in [2.05, 4.69) is 10.1 Å². The molecule has 1 unspecified atom stereocenters. The van der Waals surface area contributed by atoms with Gasteiger partial charge in [-0.05, 0) is 5.92 Å². The monoisotopic (exact) mass is 254 g/mol. The first-order valence-electron chi connectivity index (χ1n) is 5.48. The number of hydrogen-bond acceptors (Lipinski definition) is 3. The molecule has 1 atom stereocenters. The average molecular weight is 254 g/mol. The van der Waals surface area contributed by atoms with Crippen LogP contribution in [0.3, 0.4) is 0 Å². The van der Waals surface area contributed by atoms with Gasteiger partial charge in [0.2, 0.25) is 5.91 Å². The minimum atomic E-state index is -4.31. The molecule has 0 radical (unpaired) electrons. The van der Waals surface area contributed by atoms with Crippen molar-refractivity contribution in [3.63, 3.8) is 0 Å². The van der Waals surface area contributed by atoms with E-state index in [4.69, 9.17) is 0 Å². The van der Waals surface area contributed by atoms with Crippen LogP contribution in [0.1, 0.15) is 13.8 Å². The van der Waals surface area contributed by atoms with E-state index in [-0.39, 0.29) is 37.7 Å². The number of amides is 1. The number of halogens is 3. The molecule has 0 aliphatic carbocycles. The van der Waals surface area contributed by atoms with Crippen LogP contribution in [-0.4, -0.2) is 49.5 Å². The van der Waals surface area contributed by atoms with Crippen molar-refractivity contribution < 1.29 is 22.7 Å². The number of rotatable bonds is 5. The van der Waals surface area contributed by atoms with Crippen molar-refractivity contribution in [2.24, 2.45) is 5.92 Å². The molecule has 7 heteroatoms. The molecule has 4 nitrogen and oxygen atoms in total. The van der Waals surface area contributed by atoms with Crippen LogP contribution in [0.2, 0.25) is 0 Å². The molecule has 1 N–H and O–H groups in total. The lowest BCUT2D eigenvalue weighted by Gasteiger charge is -2.27. The zero-order valence-corrected chi connectivity index (χ0v) is 9.88. The number of alkyl halides is 3. The summed E-state index contributed by atoms with van der Waals surface area (Å²) in [6.45, 7) is 2.94. The summed E-state index contributed by atoms with van der Waals surface area (Å²) in [5.74, 6) is 0.114. The fraction of sp³-hybridized carbons (Fsp3) is 0.900. The maximum absolute atomic E-state index is 11.8. The average Bonchev–Trinajstić information content (AvgIpc) is 2.53. The van der Waals surface area contributed by atoms with Gasteiger partial charge in [0.25, 0.3) is 0 Å². The Bertz CT molecular complexity index is 269. The molecule has 0 spiro atoms. The van der Waals surface area contributed by atoms with Crippen LogP contribution < -0.4 is 5.32 Å². The van der Waals surface area contributed by atoms with Gasteiger partial charge in [0.15, 0.2) is 0 Å². The summed E-state index contributed by atoms with van der Waals surface area (Å²) in [6, 6.07) is 0. The van der Waals surface area contributed by atoms with Gasteiger partial charge in [0, 0.05) is 6.54 Å². The molecule has 17 heavy (non-hydrogen) atoms. The lowest BCUT2D eigenvalue weighted by molar-refractivity contribution is -0.175. The Balaban J connectivity index is 2.32. The van der Waals surface area contributed by atoms with Crippen molar-refractivity contribution in [3.05, 3.63) is 0 Å². The lowest BCUT2D eigenvalue weighted by Crippen LogP contribution is -2.43. The number of carbonyl (C=O) groups excluding carboxylic acids is 1. The van der Waals surface area contributed by atoms with Crippen molar-refractivity contribution in [1.29, 1.82) is 0 Å². The highest BCUT2D eigenvalue weighted by Crippen LogP contribution is 2.15. The maximum Gasteiger partial charge on any atom is 0.411 e. The lowest BCUT2D eigenvalue weighted by atomic mass is 10.1. The molecular weight excluding hydrogens is 237 g/mol. The molecule has 100 valence electrons. The first-order valence-corrected chi connectivity index (χ1v) is 5.48. The molecular formula is C10H17F3N2O2. The summed E-state index contributed by atoms with van der Waals surface area (Å²) >= 11 is 0. The summed E-state index contributed by atoms with van der Waals surface area (Å²) in [7, 11) is 0. The Kier molecular flexibility index (Phi) is 4.76. The fourth-order valence-corrected chi connectivity index (χ4v) is 1.77. The van der Waals surface area contributed by atoms with Gasteiger partial charge in [0.05, 0.1) is 19.3 Å². The first kappa shape index (κ1) is 14.2. The Morgan fingerprint density at radius 3 is 2.71 bits per heavy atom. The van der Waals surface area contributed by atoms with Crippen molar-refractivity contribution in [3.8, 4) is 0 Å². The largest absolute Gasteiger partial charge is 0.411 e. The minimum absolute atomic E-state index is 0.0979. The molecule has 1 rings (SSSR count). The Hall–Kier alpha value is -0.820. The van der Waals surface area contributed by atoms with Crippen LogP contribution in [0.5, 0.6) is 0 Å². The van der Waals surface area contributed by atoms with Crippen LogP contribution >= 0.6 is 0 Å². The maximum atomic E-state index is 11.8. The molecule has 1 heterocycles. The Morgan fingerprint density at radius 2 is 2.18 bits per heavy atom. The van der Waals surface area contributed by atoms with Crippen molar-refractivity contribution in [2.75, 3.05) is 26.3 Å². The summed E-state index contributed by atoms with van der Waals surface area (Å²) < 4.78 is 39.9. The fourth-order valence-electron chi connectivity index (χ4n) is 1.77. The summed E-state index contributed by atoms with van der Waals surface area (Å²) in [5, 5.41) is 3.01. The molecule has 0 aromatic carbocycles. The van der Waals surface area contributed by atoms with Gasteiger partial charge in [-0.3, -0.25) is 10.1 Å². The smallest absolute Gasteiger partial charge is 0.370 e. The first-order chi connectivity index (χ1) is 7.81. The molecule has 1 aliphatic rings. The molecule has 0 aromatic heterocycles. The second kappa shape index (κ2) is 5.68. The number of carbonyl (C=O) groups is 1. The van der Waals surface area contributed by atoms with Gasteiger partial charge >= 0.3 is 6.18 Å². The third-order valence-electron chi connectivity index (χ3n) is 2.49. The summed E-state index contributed by atoms with van der Waals surface area (Å²) in [5.41, 5.74) is 0. The number of hydrogen-bond donors (Lipinski definition) is 1. The predicted molar refractivity (Wildman–Crippen MR) is 55.2 cm³/mol. The van der Waals surface area contributed by atoms with Crippen LogP contribution in [0.25, 0.3) is 0 Å². The van der Waals surface area contributed by atoms with E-state index in [1.54, 1.807) is 0 Å². The van der Waals surface area contributed by atoms with E-state index in [0.717, 1.165) is 0 Å². The zero-order chi connectivity index (χ0) is 13.1. The van der Waals surface area contributed by atoms with Crippen molar-refractivity contribution in [2.45, 2.75) is 26.2 Å². The number of ether oxygens (including phenoxy) is 1. The van der Waals surface area contributed by atoms with Crippen LogP contribution in [0, 0.1) is 5.92 Å². The molecule has 1 amide bonds. The van der Waals surface area contributed by atoms with E-state index in [9.17, 15) is 18.0 Å². The molecule has 0 saturated carbocycles. The highest BCUT2D eigenvalue weighted by molar-refractivity contribution is 5.80. The highest BCUT2D eigenvalue weighted by Gasteiger charge is 2.32. The SMILES string of the molecule is CC(C)C1NCC(=O)N1CCOCC(F)(F)F. The second-order valence-electron chi connectivity index (χ2n) is 4.32. The normalized spacial score (nSPS) is 21.6. The third kappa shape index (κ3) is 4.51. The van der Waals surface area contributed by atoms with Crippen LogP contribution in [0.4, 0.5) is 13.2 Å². The van der Waals surface area contributed by atoms with E-state index in [1.165, 1.54) is 4.90 Å². The number of nitrogens with zero attached hydrogens (tertiary/aromatic N) is 1. The summed E-state index contributed by atoms with van der Waals surface area (Å²) in [6.07, 6.45) is -4.43. The van der Waals surface area contributed by atoms with E-state index < -0.39 is 12.8 Å². The predicted octanol–water partition coefficient (Wildman–Crippen LogP) is 0.979. The van der Waals surface area contributed by atoms with Gasteiger partial charge in [-0.2, -0.15) is 13.2 Å². The molecule has 0 bridgehead atoms. The van der Waals surface area contributed by atoms with Gasteiger partial charge in [0.1, 0.15) is 6.61 Å². The van der Waals surface area contributed by atoms with E-state index >= 15 is 0 Å². The second-order valence-corrected chi connectivity index (χ2v) is 4.32. The van der Waals surface area contributed by atoms with Crippen LogP contribution in [-0.2, 0) is 9.53 Å². The molecule has 1 aliphatic heterocycles.